The quantitative estimate of drug-likeness (QED) is 0.932. The van der Waals surface area contributed by atoms with Crippen molar-refractivity contribution in [2.45, 2.75) is 38.4 Å². The van der Waals surface area contributed by atoms with E-state index in [0.29, 0.717) is 12.1 Å². The van der Waals surface area contributed by atoms with Gasteiger partial charge in [-0.1, -0.05) is 11.6 Å². The molecule has 0 fully saturated rings. The number of rotatable bonds is 4. The second kappa shape index (κ2) is 5.03. The highest BCUT2D eigenvalue weighted by atomic mass is 35.5. The van der Waals surface area contributed by atoms with E-state index in [4.69, 9.17) is 11.6 Å². The molecule has 3 nitrogen and oxygen atoms in total. The van der Waals surface area contributed by atoms with Gasteiger partial charge in [0.2, 0.25) is 0 Å². The fourth-order valence-corrected chi connectivity index (χ4v) is 3.95. The van der Waals surface area contributed by atoms with E-state index < -0.39 is 0 Å². The van der Waals surface area contributed by atoms with Crippen molar-refractivity contribution in [2.75, 3.05) is 0 Å². The van der Waals surface area contributed by atoms with E-state index in [9.17, 15) is 0 Å². The number of aromatic nitrogens is 2. The van der Waals surface area contributed by atoms with Crippen LogP contribution in [0.15, 0.2) is 24.5 Å². The minimum absolute atomic E-state index is 0.402. The van der Waals surface area contributed by atoms with Gasteiger partial charge in [-0.25, -0.2) is 0 Å². The van der Waals surface area contributed by atoms with E-state index in [1.807, 2.05) is 23.1 Å². The molecule has 0 radical (unpaired) electrons. The highest BCUT2D eigenvalue weighted by Crippen LogP contribution is 2.39. The van der Waals surface area contributed by atoms with E-state index in [-0.39, 0.29) is 0 Å². The fourth-order valence-electron chi connectivity index (χ4n) is 2.59. The largest absolute Gasteiger partial charge is 0.306 e. The number of nitrogens with zero attached hydrogens (tertiary/aromatic N) is 2. The monoisotopic (exact) mass is 281 g/mol. The summed E-state index contributed by atoms with van der Waals surface area (Å²) < 4.78 is 2.87. The number of hydrogen-bond acceptors (Lipinski definition) is 3. The zero-order chi connectivity index (χ0) is 12.5. The molecular weight excluding hydrogens is 266 g/mol. The molecule has 2 unspecified atom stereocenters. The molecule has 0 saturated heterocycles. The lowest BCUT2D eigenvalue weighted by Gasteiger charge is -2.19. The molecule has 0 saturated carbocycles. The fraction of sp³-hybridized carbons (Fsp3) is 0.462. The molecule has 0 bridgehead atoms. The van der Waals surface area contributed by atoms with E-state index >= 15 is 0 Å². The van der Waals surface area contributed by atoms with Crippen LogP contribution in [0.1, 0.15) is 29.8 Å². The predicted molar refractivity (Wildman–Crippen MR) is 75.2 cm³/mol. The minimum atomic E-state index is 0.402. The Bertz CT molecular complexity index is 520. The Morgan fingerprint density at radius 3 is 3.33 bits per heavy atom. The molecule has 0 aliphatic heterocycles. The third-order valence-electron chi connectivity index (χ3n) is 3.35. The highest BCUT2D eigenvalue weighted by Gasteiger charge is 2.25. The van der Waals surface area contributed by atoms with Crippen molar-refractivity contribution in [3.63, 3.8) is 0 Å². The maximum absolute atomic E-state index is 6.07. The van der Waals surface area contributed by atoms with Crippen LogP contribution in [0, 0.1) is 0 Å². The first-order valence-electron chi connectivity index (χ1n) is 6.24. The van der Waals surface area contributed by atoms with Gasteiger partial charge >= 0.3 is 0 Å². The van der Waals surface area contributed by atoms with Gasteiger partial charge in [-0.05, 0) is 37.5 Å². The molecule has 2 aromatic heterocycles. The summed E-state index contributed by atoms with van der Waals surface area (Å²) in [5.74, 6) is 0. The highest BCUT2D eigenvalue weighted by molar-refractivity contribution is 7.16. The molecule has 18 heavy (non-hydrogen) atoms. The summed E-state index contributed by atoms with van der Waals surface area (Å²) >= 11 is 7.79. The van der Waals surface area contributed by atoms with Crippen molar-refractivity contribution >= 4 is 22.9 Å². The molecule has 2 atom stereocenters. The van der Waals surface area contributed by atoms with Crippen LogP contribution < -0.4 is 5.32 Å². The van der Waals surface area contributed by atoms with Crippen molar-refractivity contribution in [1.29, 1.82) is 0 Å². The van der Waals surface area contributed by atoms with Gasteiger partial charge in [-0.15, -0.1) is 11.3 Å². The Hall–Kier alpha value is -0.840. The van der Waals surface area contributed by atoms with Crippen LogP contribution in [0.4, 0.5) is 0 Å². The molecule has 3 rings (SSSR count). The molecule has 2 heterocycles. The van der Waals surface area contributed by atoms with E-state index in [1.54, 1.807) is 11.3 Å². The summed E-state index contributed by atoms with van der Waals surface area (Å²) in [5, 5.41) is 7.91. The maximum atomic E-state index is 6.07. The van der Waals surface area contributed by atoms with E-state index in [2.05, 4.69) is 23.4 Å². The van der Waals surface area contributed by atoms with Gasteiger partial charge in [-0.3, -0.25) is 4.68 Å². The van der Waals surface area contributed by atoms with Crippen molar-refractivity contribution in [1.82, 2.24) is 15.1 Å². The van der Waals surface area contributed by atoms with Crippen molar-refractivity contribution in [3.05, 3.63) is 39.3 Å². The Kier molecular flexibility index (Phi) is 3.41. The Balaban J connectivity index is 1.63. The maximum Gasteiger partial charge on any atom is 0.0934 e. The lowest BCUT2D eigenvalue weighted by Crippen LogP contribution is -2.33. The summed E-state index contributed by atoms with van der Waals surface area (Å²) in [6, 6.07) is 4.93. The van der Waals surface area contributed by atoms with Crippen LogP contribution in [-0.4, -0.2) is 15.8 Å². The average Bonchev–Trinajstić information content (AvgIpc) is 2.98. The standard InChI is InChI=1S/C13H16ClN3S/c1-9(8-17-6-2-5-15-17)16-11-3-4-12-10(11)7-13(14)18-12/h2,5-7,9,11,16H,3-4,8H2,1H3. The van der Waals surface area contributed by atoms with Crippen LogP contribution in [0.5, 0.6) is 0 Å². The predicted octanol–water partition coefficient (Wildman–Crippen LogP) is 3.26. The summed E-state index contributed by atoms with van der Waals surface area (Å²) in [6.45, 7) is 3.10. The van der Waals surface area contributed by atoms with Crippen LogP contribution in [0.25, 0.3) is 0 Å². The van der Waals surface area contributed by atoms with Crippen LogP contribution >= 0.6 is 22.9 Å². The van der Waals surface area contributed by atoms with Crippen LogP contribution in [0.3, 0.4) is 0 Å². The number of fused-ring (bicyclic) bond motifs is 1. The Morgan fingerprint density at radius 1 is 1.67 bits per heavy atom. The van der Waals surface area contributed by atoms with Gasteiger partial charge in [-0.2, -0.15) is 5.10 Å². The Morgan fingerprint density at radius 2 is 2.56 bits per heavy atom. The van der Waals surface area contributed by atoms with Crippen LogP contribution in [0.2, 0.25) is 4.34 Å². The number of hydrogen-bond donors (Lipinski definition) is 1. The van der Waals surface area contributed by atoms with Gasteiger partial charge in [0.05, 0.1) is 10.9 Å². The molecule has 0 spiro atoms. The molecule has 0 aromatic carbocycles. The second-order valence-electron chi connectivity index (χ2n) is 4.82. The summed E-state index contributed by atoms with van der Waals surface area (Å²) in [7, 11) is 0. The molecule has 96 valence electrons. The zero-order valence-corrected chi connectivity index (χ0v) is 11.8. The topological polar surface area (TPSA) is 29.9 Å². The molecule has 0 amide bonds. The third-order valence-corrected chi connectivity index (χ3v) is 4.69. The lowest BCUT2D eigenvalue weighted by atomic mass is 10.1. The van der Waals surface area contributed by atoms with E-state index in [0.717, 1.165) is 17.3 Å². The first-order valence-corrected chi connectivity index (χ1v) is 7.43. The Labute approximate surface area is 116 Å². The minimum Gasteiger partial charge on any atom is -0.306 e. The van der Waals surface area contributed by atoms with Gasteiger partial charge < -0.3 is 5.32 Å². The number of thiophene rings is 1. The lowest BCUT2D eigenvalue weighted by molar-refractivity contribution is 0.398. The van der Waals surface area contributed by atoms with Gasteiger partial charge in [0, 0.05) is 29.4 Å². The van der Waals surface area contributed by atoms with Gasteiger partial charge in [0.15, 0.2) is 0 Å². The smallest absolute Gasteiger partial charge is 0.0934 e. The molecule has 1 aliphatic carbocycles. The van der Waals surface area contributed by atoms with Crippen LogP contribution in [-0.2, 0) is 13.0 Å². The summed E-state index contributed by atoms with van der Waals surface area (Å²) in [6.07, 6.45) is 6.15. The van der Waals surface area contributed by atoms with Gasteiger partial charge in [0.25, 0.3) is 0 Å². The molecule has 1 N–H and O–H groups in total. The van der Waals surface area contributed by atoms with Crippen molar-refractivity contribution in [3.8, 4) is 0 Å². The number of aryl methyl sites for hydroxylation is 1. The van der Waals surface area contributed by atoms with Crippen molar-refractivity contribution in [2.24, 2.45) is 0 Å². The third kappa shape index (κ3) is 2.46. The summed E-state index contributed by atoms with van der Waals surface area (Å²) in [5.41, 5.74) is 1.40. The molecular formula is C13H16ClN3S. The number of halogens is 1. The second-order valence-corrected chi connectivity index (χ2v) is 6.58. The first-order chi connectivity index (χ1) is 8.72. The molecule has 2 aromatic rings. The SMILES string of the molecule is CC(Cn1cccn1)NC1CCc2sc(Cl)cc21. The average molecular weight is 282 g/mol. The molecule has 1 aliphatic rings. The zero-order valence-electron chi connectivity index (χ0n) is 10.3. The van der Waals surface area contributed by atoms with Crippen molar-refractivity contribution < 1.29 is 0 Å². The van der Waals surface area contributed by atoms with Gasteiger partial charge in [0.1, 0.15) is 0 Å². The molecule has 5 heteroatoms. The first kappa shape index (κ1) is 12.2. The van der Waals surface area contributed by atoms with E-state index in [1.165, 1.54) is 16.9 Å². The number of nitrogens with one attached hydrogen (secondary N) is 1. The summed E-state index contributed by atoms with van der Waals surface area (Å²) in [4.78, 5) is 1.45. The normalized spacial score (nSPS) is 20.0.